The molecular weight excluding hydrogens is 352 g/mol. The van der Waals surface area contributed by atoms with E-state index in [1.54, 1.807) is 6.20 Å². The number of carbonyl (C=O) groups excluding carboxylic acids is 2. The predicted molar refractivity (Wildman–Crippen MR) is 109 cm³/mol. The van der Waals surface area contributed by atoms with Crippen molar-refractivity contribution in [2.24, 2.45) is 0 Å². The smallest absolute Gasteiger partial charge is 0.257 e. The first-order valence-corrected chi connectivity index (χ1v) is 10.1. The summed E-state index contributed by atoms with van der Waals surface area (Å²) in [6.45, 7) is 3.22. The first-order valence-electron chi connectivity index (χ1n) is 10.1. The average Bonchev–Trinajstić information content (AvgIpc) is 3.29. The number of benzene rings is 1. The summed E-state index contributed by atoms with van der Waals surface area (Å²) in [6.07, 6.45) is 5.59. The van der Waals surface area contributed by atoms with Gasteiger partial charge in [-0.2, -0.15) is 0 Å². The van der Waals surface area contributed by atoms with Gasteiger partial charge in [0.05, 0.1) is 5.56 Å². The molecule has 0 saturated carbocycles. The molecule has 2 fully saturated rings. The summed E-state index contributed by atoms with van der Waals surface area (Å²) in [6, 6.07) is 13.1. The maximum atomic E-state index is 13.1. The van der Waals surface area contributed by atoms with Crippen molar-refractivity contribution in [3.63, 3.8) is 0 Å². The molecule has 4 rings (SSSR count). The monoisotopic (exact) mass is 378 g/mol. The fourth-order valence-electron chi connectivity index (χ4n) is 4.00. The Morgan fingerprint density at radius 2 is 1.64 bits per heavy atom. The van der Waals surface area contributed by atoms with Crippen molar-refractivity contribution >= 4 is 17.6 Å². The number of nitrogens with zero attached hydrogens (tertiary/aromatic N) is 3. The van der Waals surface area contributed by atoms with E-state index in [9.17, 15) is 9.59 Å². The van der Waals surface area contributed by atoms with Crippen LogP contribution >= 0.6 is 0 Å². The van der Waals surface area contributed by atoms with Crippen molar-refractivity contribution in [3.05, 3.63) is 59.8 Å². The predicted octanol–water partition coefficient (Wildman–Crippen LogP) is 2.72. The number of carbonyl (C=O) groups is 2. The highest BCUT2D eigenvalue weighted by Crippen LogP contribution is 2.24. The molecule has 28 heavy (non-hydrogen) atoms. The van der Waals surface area contributed by atoms with Gasteiger partial charge >= 0.3 is 0 Å². The van der Waals surface area contributed by atoms with E-state index in [4.69, 9.17) is 0 Å². The van der Waals surface area contributed by atoms with Crippen LogP contribution in [0.2, 0.25) is 0 Å². The van der Waals surface area contributed by atoms with Crippen LogP contribution in [-0.2, 0) is 0 Å². The molecule has 1 aromatic heterocycles. The third-order valence-corrected chi connectivity index (χ3v) is 5.58. The summed E-state index contributed by atoms with van der Waals surface area (Å²) in [7, 11) is 0. The Morgan fingerprint density at radius 1 is 0.929 bits per heavy atom. The second-order valence-corrected chi connectivity index (χ2v) is 7.47. The van der Waals surface area contributed by atoms with Crippen LogP contribution in [0, 0.1) is 0 Å². The molecule has 6 heteroatoms. The van der Waals surface area contributed by atoms with Crippen molar-refractivity contribution < 1.29 is 9.59 Å². The van der Waals surface area contributed by atoms with Crippen LogP contribution in [0.4, 0.5) is 5.82 Å². The van der Waals surface area contributed by atoms with Crippen LogP contribution in [-0.4, -0.2) is 53.9 Å². The Balaban J connectivity index is 1.36. The van der Waals surface area contributed by atoms with Gasteiger partial charge in [0, 0.05) is 44.0 Å². The molecule has 0 spiro atoms. The van der Waals surface area contributed by atoms with E-state index in [0.717, 1.165) is 44.6 Å². The van der Waals surface area contributed by atoms with Crippen LogP contribution in [0.25, 0.3) is 0 Å². The Labute approximate surface area is 165 Å². The minimum absolute atomic E-state index is 0.0443. The zero-order chi connectivity index (χ0) is 19.3. The van der Waals surface area contributed by atoms with Gasteiger partial charge < -0.3 is 15.1 Å². The lowest BCUT2D eigenvalue weighted by molar-refractivity contribution is 0.0698. The van der Waals surface area contributed by atoms with Crippen molar-refractivity contribution in [1.82, 2.24) is 15.2 Å². The lowest BCUT2D eigenvalue weighted by atomic mass is 10.0. The topological polar surface area (TPSA) is 65.5 Å². The molecule has 2 aromatic rings. The Bertz CT molecular complexity index is 825. The standard InChI is InChI=1S/C22H26N4O2/c27-21(17-7-2-1-3-8-17)24-18-10-15-26(16-11-18)22(28)19-9-6-12-23-20(19)25-13-4-5-14-25/h1-3,6-9,12,18H,4-5,10-11,13-16H2,(H,24,27). The summed E-state index contributed by atoms with van der Waals surface area (Å²) >= 11 is 0. The molecule has 2 aliphatic rings. The minimum atomic E-state index is -0.0473. The van der Waals surface area contributed by atoms with Crippen LogP contribution in [0.5, 0.6) is 0 Å². The summed E-state index contributed by atoms with van der Waals surface area (Å²) in [4.78, 5) is 34.0. The number of likely N-dealkylation sites (tertiary alicyclic amines) is 1. The Morgan fingerprint density at radius 3 is 2.36 bits per heavy atom. The van der Waals surface area contributed by atoms with Gasteiger partial charge in [-0.1, -0.05) is 18.2 Å². The normalized spacial score (nSPS) is 17.6. The maximum absolute atomic E-state index is 13.1. The zero-order valence-corrected chi connectivity index (χ0v) is 16.0. The van der Waals surface area contributed by atoms with Gasteiger partial charge in [0.2, 0.25) is 0 Å². The Hall–Kier alpha value is -2.89. The molecule has 2 aliphatic heterocycles. The van der Waals surface area contributed by atoms with Crippen molar-refractivity contribution in [3.8, 4) is 0 Å². The molecule has 1 N–H and O–H groups in total. The number of piperidine rings is 1. The first-order chi connectivity index (χ1) is 13.7. The summed E-state index contributed by atoms with van der Waals surface area (Å²) < 4.78 is 0. The molecule has 1 aromatic carbocycles. The van der Waals surface area contributed by atoms with Crippen LogP contribution in [0.15, 0.2) is 48.7 Å². The first kappa shape index (κ1) is 18.5. The number of pyridine rings is 1. The average molecular weight is 378 g/mol. The number of hydrogen-bond donors (Lipinski definition) is 1. The SMILES string of the molecule is O=C(NC1CCN(C(=O)c2cccnc2N2CCCC2)CC1)c1ccccc1. The number of aromatic nitrogens is 1. The fraction of sp³-hybridized carbons (Fsp3) is 0.409. The van der Waals surface area contributed by atoms with E-state index in [1.165, 1.54) is 0 Å². The largest absolute Gasteiger partial charge is 0.356 e. The summed E-state index contributed by atoms with van der Waals surface area (Å²) in [5.41, 5.74) is 1.36. The van der Waals surface area contributed by atoms with Crippen LogP contribution in [0.3, 0.4) is 0 Å². The molecule has 0 bridgehead atoms. The summed E-state index contributed by atoms with van der Waals surface area (Å²) in [5, 5.41) is 3.09. The van der Waals surface area contributed by atoms with Gasteiger partial charge in [-0.05, 0) is 49.9 Å². The molecule has 0 atom stereocenters. The Kier molecular flexibility index (Phi) is 5.55. The molecular formula is C22H26N4O2. The molecule has 6 nitrogen and oxygen atoms in total. The van der Waals surface area contributed by atoms with Gasteiger partial charge in [-0.25, -0.2) is 4.98 Å². The van der Waals surface area contributed by atoms with Gasteiger partial charge in [-0.3, -0.25) is 9.59 Å². The second kappa shape index (κ2) is 8.42. The number of hydrogen-bond acceptors (Lipinski definition) is 4. The summed E-state index contributed by atoms with van der Waals surface area (Å²) in [5.74, 6) is 0.807. The van der Waals surface area contributed by atoms with E-state index in [2.05, 4.69) is 15.2 Å². The van der Waals surface area contributed by atoms with Crippen LogP contribution in [0.1, 0.15) is 46.4 Å². The number of nitrogens with one attached hydrogen (secondary N) is 1. The lowest BCUT2D eigenvalue weighted by Crippen LogP contribution is -2.46. The van der Waals surface area contributed by atoms with Crippen molar-refractivity contribution in [1.29, 1.82) is 0 Å². The molecule has 146 valence electrons. The fourth-order valence-corrected chi connectivity index (χ4v) is 4.00. The second-order valence-electron chi connectivity index (χ2n) is 7.47. The van der Waals surface area contributed by atoms with E-state index in [0.29, 0.717) is 24.2 Å². The molecule has 0 unspecified atom stereocenters. The molecule has 2 amide bonds. The maximum Gasteiger partial charge on any atom is 0.257 e. The van der Waals surface area contributed by atoms with Gasteiger partial charge in [0.1, 0.15) is 5.82 Å². The highest BCUT2D eigenvalue weighted by molar-refractivity contribution is 5.99. The van der Waals surface area contributed by atoms with Crippen LogP contribution < -0.4 is 10.2 Å². The lowest BCUT2D eigenvalue weighted by Gasteiger charge is -2.33. The number of rotatable bonds is 4. The van der Waals surface area contributed by atoms with E-state index in [1.807, 2.05) is 47.4 Å². The molecule has 3 heterocycles. The molecule has 0 aliphatic carbocycles. The van der Waals surface area contributed by atoms with E-state index < -0.39 is 0 Å². The molecule has 0 radical (unpaired) electrons. The van der Waals surface area contributed by atoms with Crippen molar-refractivity contribution in [2.45, 2.75) is 31.7 Å². The van der Waals surface area contributed by atoms with Gasteiger partial charge in [0.15, 0.2) is 0 Å². The van der Waals surface area contributed by atoms with E-state index in [-0.39, 0.29) is 17.9 Å². The van der Waals surface area contributed by atoms with Gasteiger partial charge in [0.25, 0.3) is 11.8 Å². The highest BCUT2D eigenvalue weighted by atomic mass is 16.2. The quantitative estimate of drug-likeness (QED) is 0.888. The third-order valence-electron chi connectivity index (χ3n) is 5.58. The van der Waals surface area contributed by atoms with Gasteiger partial charge in [-0.15, -0.1) is 0 Å². The minimum Gasteiger partial charge on any atom is -0.356 e. The zero-order valence-electron chi connectivity index (χ0n) is 16.0. The third kappa shape index (κ3) is 4.01. The van der Waals surface area contributed by atoms with E-state index >= 15 is 0 Å². The highest BCUT2D eigenvalue weighted by Gasteiger charge is 2.28. The number of amides is 2. The molecule has 2 saturated heterocycles. The van der Waals surface area contributed by atoms with Crippen molar-refractivity contribution in [2.75, 3.05) is 31.1 Å². The number of anilines is 1.